The first-order valence-corrected chi connectivity index (χ1v) is 9.07. The summed E-state index contributed by atoms with van der Waals surface area (Å²) in [5, 5.41) is 9.34. The summed E-state index contributed by atoms with van der Waals surface area (Å²) in [5.74, 6) is 0.313. The normalized spacial score (nSPS) is 21.9. The third kappa shape index (κ3) is 2.88. The Bertz CT molecular complexity index is 620. The van der Waals surface area contributed by atoms with Gasteiger partial charge in [-0.25, -0.2) is 8.42 Å². The van der Waals surface area contributed by atoms with Gasteiger partial charge in [0.25, 0.3) is 0 Å². The number of sulfone groups is 1. The summed E-state index contributed by atoms with van der Waals surface area (Å²) in [6.07, 6.45) is 1.93. The minimum Gasteiger partial charge on any atom is -0.366 e. The minimum absolute atomic E-state index is 0.0945. The SMILES string of the molecule is CSc1cccc(N2CCS(=O)(=O)CC2C)c1C#N. The molecule has 0 amide bonds. The molecule has 1 unspecified atom stereocenters. The first-order valence-electron chi connectivity index (χ1n) is 6.02. The Hall–Kier alpha value is -1.19. The van der Waals surface area contributed by atoms with E-state index in [0.29, 0.717) is 12.1 Å². The van der Waals surface area contributed by atoms with Gasteiger partial charge in [-0.1, -0.05) is 6.07 Å². The molecular formula is C13H16N2O2S2. The summed E-state index contributed by atoms with van der Waals surface area (Å²) < 4.78 is 23.2. The average molecular weight is 296 g/mol. The molecule has 0 spiro atoms. The van der Waals surface area contributed by atoms with Crippen molar-refractivity contribution in [2.45, 2.75) is 17.9 Å². The van der Waals surface area contributed by atoms with Crippen LogP contribution in [0.25, 0.3) is 0 Å². The van der Waals surface area contributed by atoms with Gasteiger partial charge >= 0.3 is 0 Å². The molecule has 0 aliphatic carbocycles. The Labute approximate surface area is 118 Å². The Morgan fingerprint density at radius 1 is 1.47 bits per heavy atom. The highest BCUT2D eigenvalue weighted by Crippen LogP contribution is 2.31. The fourth-order valence-corrected chi connectivity index (χ4v) is 4.52. The second-order valence-corrected chi connectivity index (χ2v) is 7.70. The van der Waals surface area contributed by atoms with E-state index in [1.807, 2.05) is 36.3 Å². The van der Waals surface area contributed by atoms with Gasteiger partial charge in [0.15, 0.2) is 9.84 Å². The van der Waals surface area contributed by atoms with Crippen molar-refractivity contribution in [2.24, 2.45) is 0 Å². The minimum atomic E-state index is -2.94. The van der Waals surface area contributed by atoms with Crippen LogP contribution in [0.2, 0.25) is 0 Å². The largest absolute Gasteiger partial charge is 0.366 e. The van der Waals surface area contributed by atoms with Crippen LogP contribution in [0.5, 0.6) is 0 Å². The van der Waals surface area contributed by atoms with E-state index in [1.165, 1.54) is 11.8 Å². The molecule has 4 nitrogen and oxygen atoms in total. The number of nitrogens with zero attached hydrogens (tertiary/aromatic N) is 2. The summed E-state index contributed by atoms with van der Waals surface area (Å²) in [7, 11) is -2.94. The van der Waals surface area contributed by atoms with E-state index >= 15 is 0 Å². The van der Waals surface area contributed by atoms with E-state index in [0.717, 1.165) is 10.6 Å². The van der Waals surface area contributed by atoms with Gasteiger partial charge in [-0.3, -0.25) is 0 Å². The third-order valence-electron chi connectivity index (χ3n) is 3.32. The highest BCUT2D eigenvalue weighted by Gasteiger charge is 2.29. The van der Waals surface area contributed by atoms with Crippen molar-refractivity contribution in [3.05, 3.63) is 23.8 Å². The molecular weight excluding hydrogens is 280 g/mol. The van der Waals surface area contributed by atoms with Gasteiger partial charge in [0, 0.05) is 17.5 Å². The summed E-state index contributed by atoms with van der Waals surface area (Å²) in [4.78, 5) is 2.96. The van der Waals surface area contributed by atoms with Crippen LogP contribution in [0.15, 0.2) is 23.1 Å². The molecule has 0 saturated carbocycles. The zero-order valence-corrected chi connectivity index (χ0v) is 12.6. The molecule has 1 aliphatic heterocycles. The Morgan fingerprint density at radius 3 is 2.79 bits per heavy atom. The average Bonchev–Trinajstić information content (AvgIpc) is 2.36. The topological polar surface area (TPSA) is 61.2 Å². The third-order valence-corrected chi connectivity index (χ3v) is 5.89. The molecule has 1 aliphatic rings. The number of hydrogen-bond acceptors (Lipinski definition) is 5. The molecule has 102 valence electrons. The van der Waals surface area contributed by atoms with Crippen LogP contribution >= 0.6 is 11.8 Å². The molecule has 1 saturated heterocycles. The summed E-state index contributed by atoms with van der Waals surface area (Å²) in [5.41, 5.74) is 1.48. The molecule has 1 aromatic rings. The number of rotatable bonds is 2. The smallest absolute Gasteiger partial charge is 0.154 e. The van der Waals surface area contributed by atoms with Crippen LogP contribution < -0.4 is 4.90 Å². The van der Waals surface area contributed by atoms with E-state index in [-0.39, 0.29) is 17.5 Å². The van der Waals surface area contributed by atoms with Crippen LogP contribution in [0.3, 0.4) is 0 Å². The van der Waals surface area contributed by atoms with Gasteiger partial charge in [0.05, 0.1) is 22.8 Å². The van der Waals surface area contributed by atoms with E-state index in [9.17, 15) is 13.7 Å². The van der Waals surface area contributed by atoms with Gasteiger partial charge in [-0.15, -0.1) is 11.8 Å². The van der Waals surface area contributed by atoms with Gasteiger partial charge in [-0.2, -0.15) is 5.26 Å². The number of anilines is 1. The summed E-state index contributed by atoms with van der Waals surface area (Å²) in [6, 6.07) is 7.87. The van der Waals surface area contributed by atoms with Crippen molar-refractivity contribution in [1.82, 2.24) is 0 Å². The van der Waals surface area contributed by atoms with Crippen LogP contribution in [0.1, 0.15) is 12.5 Å². The van der Waals surface area contributed by atoms with E-state index < -0.39 is 9.84 Å². The maximum Gasteiger partial charge on any atom is 0.154 e. The Kier molecular flexibility index (Phi) is 4.07. The first-order chi connectivity index (χ1) is 8.98. The van der Waals surface area contributed by atoms with Crippen molar-refractivity contribution in [1.29, 1.82) is 5.26 Å². The standard InChI is InChI=1S/C13H16N2O2S2/c1-10-9-19(16,17)7-6-15(10)12-4-3-5-13(18-2)11(12)8-14/h3-5,10H,6-7,9H2,1-2H3. The lowest BCUT2D eigenvalue weighted by atomic mass is 10.1. The monoisotopic (exact) mass is 296 g/mol. The lowest BCUT2D eigenvalue weighted by molar-refractivity contribution is 0.568. The first kappa shape index (κ1) is 14.2. The molecule has 1 fully saturated rings. The predicted molar refractivity (Wildman–Crippen MR) is 78.4 cm³/mol. The van der Waals surface area contributed by atoms with Crippen LogP contribution in [0, 0.1) is 11.3 Å². The van der Waals surface area contributed by atoms with Gasteiger partial charge in [0.2, 0.25) is 0 Å². The fourth-order valence-electron chi connectivity index (χ4n) is 2.40. The van der Waals surface area contributed by atoms with Crippen LogP contribution in [-0.4, -0.2) is 38.8 Å². The van der Waals surface area contributed by atoms with E-state index in [4.69, 9.17) is 0 Å². The molecule has 0 bridgehead atoms. The lowest BCUT2D eigenvalue weighted by Crippen LogP contribution is -2.47. The Morgan fingerprint density at radius 2 is 2.21 bits per heavy atom. The molecule has 1 heterocycles. The molecule has 0 radical (unpaired) electrons. The van der Waals surface area contributed by atoms with Crippen molar-refractivity contribution in [3.63, 3.8) is 0 Å². The lowest BCUT2D eigenvalue weighted by Gasteiger charge is -2.35. The second-order valence-electron chi connectivity index (χ2n) is 4.62. The maximum absolute atomic E-state index is 11.6. The van der Waals surface area contributed by atoms with Crippen LogP contribution in [0.4, 0.5) is 5.69 Å². The van der Waals surface area contributed by atoms with Gasteiger partial charge in [-0.05, 0) is 25.3 Å². The quantitative estimate of drug-likeness (QED) is 0.780. The highest BCUT2D eigenvalue weighted by molar-refractivity contribution is 7.98. The number of thioether (sulfide) groups is 1. The highest BCUT2D eigenvalue weighted by atomic mass is 32.2. The van der Waals surface area contributed by atoms with Crippen LogP contribution in [-0.2, 0) is 9.84 Å². The van der Waals surface area contributed by atoms with Crippen molar-refractivity contribution >= 4 is 27.3 Å². The molecule has 19 heavy (non-hydrogen) atoms. The molecule has 2 rings (SSSR count). The molecule has 6 heteroatoms. The maximum atomic E-state index is 11.6. The van der Waals surface area contributed by atoms with Gasteiger partial charge in [0.1, 0.15) is 6.07 Å². The number of nitriles is 1. The summed E-state index contributed by atoms with van der Waals surface area (Å²) in [6.45, 7) is 2.35. The molecule has 1 aromatic carbocycles. The van der Waals surface area contributed by atoms with E-state index in [2.05, 4.69) is 6.07 Å². The molecule has 1 atom stereocenters. The zero-order valence-electron chi connectivity index (χ0n) is 11.0. The van der Waals surface area contributed by atoms with Gasteiger partial charge < -0.3 is 4.90 Å². The van der Waals surface area contributed by atoms with E-state index in [1.54, 1.807) is 0 Å². The van der Waals surface area contributed by atoms with Crippen molar-refractivity contribution in [3.8, 4) is 6.07 Å². The second kappa shape index (κ2) is 5.43. The number of hydrogen-bond donors (Lipinski definition) is 0. The van der Waals surface area contributed by atoms with Crippen molar-refractivity contribution < 1.29 is 8.42 Å². The zero-order chi connectivity index (χ0) is 14.0. The number of benzene rings is 1. The fraction of sp³-hybridized carbons (Fsp3) is 0.462. The van der Waals surface area contributed by atoms with Crippen molar-refractivity contribution in [2.75, 3.05) is 29.2 Å². The predicted octanol–water partition coefficient (Wildman–Crippen LogP) is 1.90. The molecule has 0 aromatic heterocycles. The summed E-state index contributed by atoms with van der Waals surface area (Å²) >= 11 is 1.53. The molecule has 0 N–H and O–H groups in total. The Balaban J connectivity index is 2.41.